The number of halogens is 7. The minimum atomic E-state index is -4.86. The number of aromatic hydroxyl groups is 1. The smallest absolute Gasteiger partial charge is 0.418 e. The molecule has 1 unspecified atom stereocenters. The zero-order valence-electron chi connectivity index (χ0n) is 20.1. The quantitative estimate of drug-likeness (QED) is 0.162. The molecule has 0 bridgehead atoms. The van der Waals surface area contributed by atoms with Gasteiger partial charge in [-0.25, -0.2) is 4.39 Å². The molecule has 0 fully saturated rings. The Labute approximate surface area is 219 Å². The van der Waals surface area contributed by atoms with Crippen molar-refractivity contribution in [1.82, 2.24) is 10.3 Å². The van der Waals surface area contributed by atoms with Crippen LogP contribution in [0.4, 0.5) is 36.4 Å². The maximum absolute atomic E-state index is 14.5. The highest BCUT2D eigenvalue weighted by Gasteiger charge is 2.39. The molecule has 1 aromatic heterocycles. The van der Waals surface area contributed by atoms with Crippen molar-refractivity contribution >= 4 is 5.69 Å². The summed E-state index contributed by atoms with van der Waals surface area (Å²) in [6.45, 7) is -0.490. The fourth-order valence-electron chi connectivity index (χ4n) is 4.32. The molecule has 4 aromatic rings. The summed E-state index contributed by atoms with van der Waals surface area (Å²) in [5.74, 6) is -1.35. The highest BCUT2D eigenvalue weighted by molar-refractivity contribution is 5.54. The van der Waals surface area contributed by atoms with Gasteiger partial charge in [0.05, 0.1) is 40.9 Å². The summed E-state index contributed by atoms with van der Waals surface area (Å²) in [5.41, 5.74) is -3.60. The molecule has 204 valence electrons. The number of anilines is 1. The average molecular weight is 549 g/mol. The van der Waals surface area contributed by atoms with E-state index in [1.807, 2.05) is 0 Å². The lowest BCUT2D eigenvalue weighted by Crippen LogP contribution is -2.48. The topological polar surface area (TPSA) is 57.2 Å². The third-order valence-corrected chi connectivity index (χ3v) is 6.15. The number of aromatic nitrogens is 1. The second-order valence-corrected chi connectivity index (χ2v) is 8.74. The standard InChI is InChI=1S/C28H22F7N3O/c29-23-11-5-10-22(28(33,34)35)25(23)37-17-38-26(15-18-6-2-1-3-7-18,24-13-12-21(39)16-36-24)19-8-4-9-20(14-19)27(30,31)32/h1-14,16,37-39H,15,17H2. The molecule has 0 saturated heterocycles. The number of hydrogen-bond donors (Lipinski definition) is 3. The summed E-state index contributed by atoms with van der Waals surface area (Å²) < 4.78 is 96.1. The lowest BCUT2D eigenvalue weighted by molar-refractivity contribution is -0.138. The van der Waals surface area contributed by atoms with E-state index >= 15 is 0 Å². The minimum absolute atomic E-state index is 0.0119. The molecule has 3 aromatic carbocycles. The van der Waals surface area contributed by atoms with Crippen LogP contribution in [0.5, 0.6) is 5.75 Å². The van der Waals surface area contributed by atoms with E-state index in [2.05, 4.69) is 15.6 Å². The molecule has 0 spiro atoms. The van der Waals surface area contributed by atoms with Crippen molar-refractivity contribution in [2.75, 3.05) is 12.0 Å². The Balaban J connectivity index is 1.84. The third-order valence-electron chi connectivity index (χ3n) is 6.15. The molecule has 4 rings (SSSR count). The Kier molecular flexibility index (Phi) is 7.82. The van der Waals surface area contributed by atoms with Crippen molar-refractivity contribution in [3.63, 3.8) is 0 Å². The monoisotopic (exact) mass is 549 g/mol. The first kappa shape index (κ1) is 27.9. The largest absolute Gasteiger partial charge is 0.506 e. The number of rotatable bonds is 8. The Hall–Kier alpha value is -4.12. The van der Waals surface area contributed by atoms with Gasteiger partial charge >= 0.3 is 12.4 Å². The van der Waals surface area contributed by atoms with Crippen LogP contribution in [0.15, 0.2) is 91.1 Å². The summed E-state index contributed by atoms with van der Waals surface area (Å²) in [4.78, 5) is 4.24. The van der Waals surface area contributed by atoms with Gasteiger partial charge in [-0.1, -0.05) is 48.5 Å². The van der Waals surface area contributed by atoms with E-state index in [-0.39, 0.29) is 23.4 Å². The van der Waals surface area contributed by atoms with Crippen molar-refractivity contribution in [3.05, 3.63) is 125 Å². The zero-order chi connectivity index (χ0) is 28.3. The van der Waals surface area contributed by atoms with Gasteiger partial charge in [0.1, 0.15) is 11.6 Å². The Morgan fingerprint density at radius 3 is 2.08 bits per heavy atom. The van der Waals surface area contributed by atoms with Crippen LogP contribution in [0.25, 0.3) is 0 Å². The van der Waals surface area contributed by atoms with Crippen molar-refractivity contribution in [1.29, 1.82) is 0 Å². The molecule has 4 nitrogen and oxygen atoms in total. The number of pyridine rings is 1. The van der Waals surface area contributed by atoms with Gasteiger partial charge in [-0.05, 0) is 47.5 Å². The number of benzene rings is 3. The van der Waals surface area contributed by atoms with E-state index in [1.165, 1.54) is 24.3 Å². The predicted octanol–water partition coefficient (Wildman–Crippen LogP) is 7.11. The Morgan fingerprint density at radius 1 is 0.744 bits per heavy atom. The molecule has 0 aliphatic heterocycles. The Bertz CT molecular complexity index is 1410. The molecule has 11 heteroatoms. The van der Waals surface area contributed by atoms with Gasteiger partial charge in [0.2, 0.25) is 0 Å². The van der Waals surface area contributed by atoms with Crippen LogP contribution in [0.1, 0.15) is 27.9 Å². The van der Waals surface area contributed by atoms with Gasteiger partial charge in [-0.15, -0.1) is 0 Å². The summed E-state index contributed by atoms with van der Waals surface area (Å²) in [6, 6.07) is 18.3. The van der Waals surface area contributed by atoms with Gasteiger partial charge in [-0.2, -0.15) is 26.3 Å². The maximum atomic E-state index is 14.5. The highest BCUT2D eigenvalue weighted by Crippen LogP contribution is 2.38. The van der Waals surface area contributed by atoms with Gasteiger partial charge in [0, 0.05) is 6.42 Å². The number of para-hydroxylation sites is 1. The van der Waals surface area contributed by atoms with Crippen LogP contribution >= 0.6 is 0 Å². The minimum Gasteiger partial charge on any atom is -0.506 e. The molecular weight excluding hydrogens is 527 g/mol. The van der Waals surface area contributed by atoms with Gasteiger partial charge in [0.25, 0.3) is 0 Å². The first-order valence-corrected chi connectivity index (χ1v) is 11.6. The van der Waals surface area contributed by atoms with Crippen molar-refractivity contribution in [3.8, 4) is 5.75 Å². The normalized spacial score (nSPS) is 13.6. The van der Waals surface area contributed by atoms with E-state index < -0.39 is 47.2 Å². The summed E-state index contributed by atoms with van der Waals surface area (Å²) >= 11 is 0. The van der Waals surface area contributed by atoms with Gasteiger partial charge < -0.3 is 10.4 Å². The molecular formula is C28H22F7N3O. The van der Waals surface area contributed by atoms with Crippen molar-refractivity contribution < 1.29 is 35.8 Å². The third kappa shape index (κ3) is 6.31. The van der Waals surface area contributed by atoms with Crippen LogP contribution in [-0.4, -0.2) is 16.8 Å². The molecule has 3 N–H and O–H groups in total. The van der Waals surface area contributed by atoms with Crippen LogP contribution in [0.3, 0.4) is 0 Å². The summed E-state index contributed by atoms with van der Waals surface area (Å²) in [6.07, 6.45) is -8.41. The molecule has 1 heterocycles. The van der Waals surface area contributed by atoms with Crippen LogP contribution in [0, 0.1) is 5.82 Å². The second kappa shape index (κ2) is 10.9. The van der Waals surface area contributed by atoms with Crippen LogP contribution in [-0.2, 0) is 24.3 Å². The summed E-state index contributed by atoms with van der Waals surface area (Å²) in [5, 5.41) is 15.2. The first-order chi connectivity index (χ1) is 18.4. The fourth-order valence-corrected chi connectivity index (χ4v) is 4.32. The number of hydrogen-bond acceptors (Lipinski definition) is 4. The fraction of sp³-hybridized carbons (Fsp3) is 0.179. The zero-order valence-corrected chi connectivity index (χ0v) is 20.1. The molecule has 0 radical (unpaired) electrons. The lowest BCUT2D eigenvalue weighted by atomic mass is 9.80. The number of nitrogens with one attached hydrogen (secondary N) is 2. The Morgan fingerprint density at radius 2 is 1.44 bits per heavy atom. The molecule has 0 aliphatic carbocycles. The van der Waals surface area contributed by atoms with E-state index in [0.717, 1.165) is 36.5 Å². The van der Waals surface area contributed by atoms with Crippen LogP contribution in [0.2, 0.25) is 0 Å². The lowest BCUT2D eigenvalue weighted by Gasteiger charge is -2.36. The van der Waals surface area contributed by atoms with Crippen molar-refractivity contribution in [2.24, 2.45) is 0 Å². The van der Waals surface area contributed by atoms with E-state index in [4.69, 9.17) is 0 Å². The molecule has 0 saturated carbocycles. The SMILES string of the molecule is Oc1ccc(C(Cc2ccccc2)(NCNc2c(F)cccc2C(F)(F)F)c2cccc(C(F)(F)F)c2)nc1. The van der Waals surface area contributed by atoms with Gasteiger partial charge in [0.15, 0.2) is 0 Å². The first-order valence-electron chi connectivity index (χ1n) is 11.6. The van der Waals surface area contributed by atoms with Crippen LogP contribution < -0.4 is 10.6 Å². The number of alkyl halides is 6. The molecule has 0 amide bonds. The average Bonchev–Trinajstić information content (AvgIpc) is 2.89. The van der Waals surface area contributed by atoms with E-state index in [9.17, 15) is 35.8 Å². The molecule has 39 heavy (non-hydrogen) atoms. The van der Waals surface area contributed by atoms with Gasteiger partial charge in [-0.3, -0.25) is 10.3 Å². The molecule has 0 aliphatic rings. The summed E-state index contributed by atoms with van der Waals surface area (Å²) in [7, 11) is 0. The van der Waals surface area contributed by atoms with E-state index in [1.54, 1.807) is 30.3 Å². The maximum Gasteiger partial charge on any atom is 0.418 e. The van der Waals surface area contributed by atoms with Crippen molar-refractivity contribution in [2.45, 2.75) is 24.3 Å². The number of nitrogens with zero attached hydrogens (tertiary/aromatic N) is 1. The highest BCUT2D eigenvalue weighted by atomic mass is 19.4. The second-order valence-electron chi connectivity index (χ2n) is 8.74. The molecule has 1 atom stereocenters. The van der Waals surface area contributed by atoms with E-state index in [0.29, 0.717) is 5.56 Å². The predicted molar refractivity (Wildman–Crippen MR) is 131 cm³/mol.